The predicted octanol–water partition coefficient (Wildman–Crippen LogP) is 0.0474. The van der Waals surface area contributed by atoms with Crippen LogP contribution in [0.4, 0.5) is 0 Å². The average Bonchev–Trinajstić information content (AvgIpc) is 2.48. The molecule has 1 atom stereocenters. The molecule has 1 aliphatic rings. The molecule has 0 radical (unpaired) electrons. The van der Waals surface area contributed by atoms with E-state index >= 15 is 0 Å². The van der Waals surface area contributed by atoms with Crippen LogP contribution in [-0.4, -0.2) is 10.1 Å². The molecule has 1 aromatic rings. The zero-order valence-electron chi connectivity index (χ0n) is 6.28. The second kappa shape index (κ2) is 2.55. The zero-order valence-corrected chi connectivity index (χ0v) is 6.28. The van der Waals surface area contributed by atoms with Crippen LogP contribution in [0.15, 0.2) is 12.3 Å². The van der Waals surface area contributed by atoms with Crippen molar-refractivity contribution in [3.8, 4) is 6.07 Å². The van der Waals surface area contributed by atoms with Gasteiger partial charge in [0.25, 0.3) is 0 Å². The summed E-state index contributed by atoms with van der Waals surface area (Å²) in [5.41, 5.74) is 1.98. The molecule has 2 rings (SSSR count). The number of nitrogens with zero attached hydrogens (tertiary/aromatic N) is 2. The topological polar surface area (TPSA) is 68.9 Å². The van der Waals surface area contributed by atoms with Crippen molar-refractivity contribution in [3.05, 3.63) is 29.1 Å². The molecule has 1 unspecified atom stereocenters. The molecule has 1 aromatic heterocycles. The number of nitrogens with one attached hydrogen (secondary N) is 1. The Morgan fingerprint density at radius 3 is 3.33 bits per heavy atom. The first-order chi connectivity index (χ1) is 5.83. The summed E-state index contributed by atoms with van der Waals surface area (Å²) in [5, 5.41) is 20.8. The third-order valence-corrected chi connectivity index (χ3v) is 1.96. The largest absolute Gasteiger partial charge is 0.374 e. The predicted molar refractivity (Wildman–Crippen MR) is 40.8 cm³/mol. The van der Waals surface area contributed by atoms with E-state index < -0.39 is 6.23 Å². The number of nitriles is 1. The molecule has 4 heteroatoms. The van der Waals surface area contributed by atoms with Crippen molar-refractivity contribution >= 4 is 0 Å². The molecule has 60 valence electrons. The van der Waals surface area contributed by atoms with Gasteiger partial charge in [0.15, 0.2) is 0 Å². The molecule has 0 aromatic carbocycles. The number of hydrogen-bond acceptors (Lipinski definition) is 4. The summed E-state index contributed by atoms with van der Waals surface area (Å²) < 4.78 is 0. The van der Waals surface area contributed by atoms with Crippen LogP contribution in [0.2, 0.25) is 0 Å². The van der Waals surface area contributed by atoms with Crippen molar-refractivity contribution < 1.29 is 5.11 Å². The molecule has 0 saturated heterocycles. The Labute approximate surface area is 69.5 Å². The molecule has 0 bridgehead atoms. The summed E-state index contributed by atoms with van der Waals surface area (Å²) in [6.07, 6.45) is 0.892. The quantitative estimate of drug-likeness (QED) is 0.564. The third-order valence-electron chi connectivity index (χ3n) is 1.96. The van der Waals surface area contributed by atoms with Gasteiger partial charge in [-0.1, -0.05) is 0 Å². The van der Waals surface area contributed by atoms with Crippen LogP contribution < -0.4 is 5.32 Å². The van der Waals surface area contributed by atoms with Crippen molar-refractivity contribution in [3.63, 3.8) is 0 Å². The number of aromatic nitrogens is 1. The van der Waals surface area contributed by atoms with E-state index in [1.165, 1.54) is 6.20 Å². The minimum atomic E-state index is -0.643. The maximum atomic E-state index is 9.35. The monoisotopic (exact) mass is 161 g/mol. The van der Waals surface area contributed by atoms with Crippen molar-refractivity contribution in [1.82, 2.24) is 10.3 Å². The normalized spacial score (nSPS) is 20.2. The van der Waals surface area contributed by atoms with E-state index in [1.54, 1.807) is 6.07 Å². The Morgan fingerprint density at radius 2 is 2.58 bits per heavy atom. The molecule has 1 aliphatic heterocycles. The van der Waals surface area contributed by atoms with Crippen LogP contribution in [0.1, 0.15) is 23.0 Å². The number of aliphatic hydroxyl groups is 1. The van der Waals surface area contributed by atoms with Gasteiger partial charge in [-0.3, -0.25) is 5.32 Å². The molecule has 0 aliphatic carbocycles. The van der Waals surface area contributed by atoms with Gasteiger partial charge in [-0.25, -0.2) is 4.98 Å². The molecule has 0 saturated carbocycles. The highest BCUT2D eigenvalue weighted by Crippen LogP contribution is 2.23. The van der Waals surface area contributed by atoms with E-state index in [0.29, 0.717) is 12.2 Å². The van der Waals surface area contributed by atoms with Gasteiger partial charge in [-0.2, -0.15) is 5.26 Å². The van der Waals surface area contributed by atoms with Crippen molar-refractivity contribution in [2.75, 3.05) is 0 Å². The van der Waals surface area contributed by atoms with E-state index in [2.05, 4.69) is 10.3 Å². The summed E-state index contributed by atoms with van der Waals surface area (Å²) in [5.74, 6) is 0. The lowest BCUT2D eigenvalue weighted by Crippen LogP contribution is -2.09. The zero-order chi connectivity index (χ0) is 8.55. The first-order valence-corrected chi connectivity index (χ1v) is 3.62. The molecule has 12 heavy (non-hydrogen) atoms. The molecule has 4 nitrogen and oxygen atoms in total. The molecule has 2 heterocycles. The Kier molecular flexibility index (Phi) is 1.54. The molecule has 0 fully saturated rings. The number of fused-ring (bicyclic) bond motifs is 1. The Bertz CT molecular complexity index is 356. The van der Waals surface area contributed by atoms with Gasteiger partial charge < -0.3 is 5.11 Å². The van der Waals surface area contributed by atoms with Gasteiger partial charge in [-0.05, 0) is 6.07 Å². The fourth-order valence-corrected chi connectivity index (χ4v) is 1.35. The van der Waals surface area contributed by atoms with Crippen LogP contribution in [0.5, 0.6) is 0 Å². The first kappa shape index (κ1) is 7.22. The van der Waals surface area contributed by atoms with E-state index in [1.807, 2.05) is 6.07 Å². The summed E-state index contributed by atoms with van der Waals surface area (Å²) in [6.45, 7) is 0.521. The highest BCUT2D eigenvalue weighted by Gasteiger charge is 2.22. The number of rotatable bonds is 0. The first-order valence-electron chi connectivity index (χ1n) is 3.62. The summed E-state index contributed by atoms with van der Waals surface area (Å²) in [6, 6.07) is 3.71. The molecule has 0 spiro atoms. The highest BCUT2D eigenvalue weighted by molar-refractivity contribution is 5.40. The highest BCUT2D eigenvalue weighted by atomic mass is 16.3. The van der Waals surface area contributed by atoms with Crippen molar-refractivity contribution in [2.24, 2.45) is 0 Å². The minimum absolute atomic E-state index is 0.400. The van der Waals surface area contributed by atoms with Crippen molar-refractivity contribution in [1.29, 1.82) is 5.26 Å². The lowest BCUT2D eigenvalue weighted by atomic mass is 10.1. The Balaban J connectivity index is 2.60. The smallest absolute Gasteiger partial charge is 0.145 e. The fraction of sp³-hybridized carbons (Fsp3) is 0.250. The molecule has 0 amide bonds. The van der Waals surface area contributed by atoms with Gasteiger partial charge in [-0.15, -0.1) is 0 Å². The van der Waals surface area contributed by atoms with E-state index in [4.69, 9.17) is 5.26 Å². The van der Waals surface area contributed by atoms with Gasteiger partial charge in [0, 0.05) is 23.9 Å². The number of aliphatic hydroxyl groups excluding tert-OH is 1. The van der Waals surface area contributed by atoms with Crippen molar-refractivity contribution in [2.45, 2.75) is 12.8 Å². The van der Waals surface area contributed by atoms with Gasteiger partial charge >= 0.3 is 0 Å². The van der Waals surface area contributed by atoms with Gasteiger partial charge in [0.2, 0.25) is 0 Å². The molecular formula is C8H7N3O. The summed E-state index contributed by atoms with van der Waals surface area (Å²) >= 11 is 0. The maximum absolute atomic E-state index is 9.35. The lowest BCUT2D eigenvalue weighted by molar-refractivity contribution is 0.151. The van der Waals surface area contributed by atoms with E-state index in [-0.39, 0.29) is 0 Å². The fourth-order valence-electron chi connectivity index (χ4n) is 1.35. The SMILES string of the molecule is N#Cc1nccc2c1CNC2O. The second-order valence-corrected chi connectivity index (χ2v) is 2.62. The minimum Gasteiger partial charge on any atom is -0.374 e. The van der Waals surface area contributed by atoms with Crippen LogP contribution in [-0.2, 0) is 6.54 Å². The standard InChI is InChI=1S/C8H7N3O/c9-3-7-6-4-11-8(12)5(6)1-2-10-7/h1-2,8,11-12H,4H2. The third kappa shape index (κ3) is 0.881. The van der Waals surface area contributed by atoms with E-state index in [9.17, 15) is 5.11 Å². The average molecular weight is 161 g/mol. The van der Waals surface area contributed by atoms with E-state index in [0.717, 1.165) is 11.1 Å². The summed E-state index contributed by atoms with van der Waals surface area (Å²) in [4.78, 5) is 3.89. The number of hydrogen-bond donors (Lipinski definition) is 2. The van der Waals surface area contributed by atoms with Crippen LogP contribution in [0, 0.1) is 11.3 Å². The van der Waals surface area contributed by atoms with Gasteiger partial charge in [0.1, 0.15) is 18.0 Å². The number of pyridine rings is 1. The summed E-state index contributed by atoms with van der Waals surface area (Å²) in [7, 11) is 0. The van der Waals surface area contributed by atoms with Crippen LogP contribution >= 0.6 is 0 Å². The van der Waals surface area contributed by atoms with Crippen LogP contribution in [0.25, 0.3) is 0 Å². The Hall–Kier alpha value is -1.44. The van der Waals surface area contributed by atoms with Gasteiger partial charge in [0.05, 0.1) is 0 Å². The molecule has 2 N–H and O–H groups in total. The lowest BCUT2D eigenvalue weighted by Gasteiger charge is -2.01. The Morgan fingerprint density at radius 1 is 1.75 bits per heavy atom. The molecular weight excluding hydrogens is 154 g/mol. The van der Waals surface area contributed by atoms with Crippen LogP contribution in [0.3, 0.4) is 0 Å². The maximum Gasteiger partial charge on any atom is 0.145 e. The second-order valence-electron chi connectivity index (χ2n) is 2.62.